The number of hydrogen-bond acceptors (Lipinski definition) is 4. The van der Waals surface area contributed by atoms with Crippen molar-refractivity contribution in [3.8, 4) is 0 Å². The van der Waals surface area contributed by atoms with E-state index < -0.39 is 11.6 Å². The smallest absolute Gasteiger partial charge is 0.227 e. The number of rotatable bonds is 7. The van der Waals surface area contributed by atoms with Crippen molar-refractivity contribution in [3.05, 3.63) is 52.4 Å². The van der Waals surface area contributed by atoms with E-state index in [1.807, 2.05) is 11.8 Å². The second-order valence-corrected chi connectivity index (χ2v) is 8.56. The molecule has 2 heterocycles. The normalized spacial score (nSPS) is 15.6. The Labute approximate surface area is 187 Å². The molecule has 3 rings (SSSR count). The second-order valence-electron chi connectivity index (χ2n) is 8.56. The van der Waals surface area contributed by atoms with E-state index in [2.05, 4.69) is 5.16 Å². The average molecular weight is 448 g/mol. The highest BCUT2D eigenvalue weighted by Gasteiger charge is 2.33. The third-order valence-corrected chi connectivity index (χ3v) is 6.58. The van der Waals surface area contributed by atoms with E-state index in [4.69, 9.17) is 4.52 Å². The zero-order chi connectivity index (χ0) is 23.4. The van der Waals surface area contributed by atoms with Gasteiger partial charge in [0, 0.05) is 44.2 Å². The summed E-state index contributed by atoms with van der Waals surface area (Å²) in [6, 6.07) is 3.35. The topological polar surface area (TPSA) is 66.7 Å². The Hall–Kier alpha value is -2.77. The van der Waals surface area contributed by atoms with Gasteiger partial charge in [-0.3, -0.25) is 9.59 Å². The van der Waals surface area contributed by atoms with Gasteiger partial charge in [-0.25, -0.2) is 8.78 Å². The van der Waals surface area contributed by atoms with Gasteiger partial charge in [-0.15, -0.1) is 0 Å². The van der Waals surface area contributed by atoms with Crippen LogP contribution in [0, 0.1) is 31.4 Å². The van der Waals surface area contributed by atoms with Crippen molar-refractivity contribution in [2.45, 2.75) is 58.9 Å². The van der Waals surface area contributed by atoms with Crippen LogP contribution >= 0.6 is 0 Å². The minimum Gasteiger partial charge on any atom is -0.361 e. The van der Waals surface area contributed by atoms with Crippen molar-refractivity contribution in [1.29, 1.82) is 0 Å². The van der Waals surface area contributed by atoms with E-state index in [1.165, 1.54) is 12.1 Å². The summed E-state index contributed by atoms with van der Waals surface area (Å²) in [4.78, 5) is 28.8. The largest absolute Gasteiger partial charge is 0.361 e. The molecular weight excluding hydrogens is 416 g/mol. The van der Waals surface area contributed by atoms with Crippen molar-refractivity contribution >= 4 is 11.8 Å². The number of carbonyl (C=O) groups excluding carboxylic acids is 2. The highest BCUT2D eigenvalue weighted by Crippen LogP contribution is 2.28. The lowest BCUT2D eigenvalue weighted by molar-refractivity contribution is -0.136. The third-order valence-electron chi connectivity index (χ3n) is 6.58. The standard InChI is InChI=1S/C24H31F2N3O3/c1-5-23(30)28(4)22(12-18-6-7-19(25)13-21(18)26)17-8-10-29(11-9-17)24(31)14-20-15(2)27-32-16(20)3/h6-7,13,17,22H,5,8-12,14H2,1-4H3. The Bertz CT molecular complexity index is 948. The zero-order valence-corrected chi connectivity index (χ0v) is 19.2. The van der Waals surface area contributed by atoms with Crippen molar-refractivity contribution in [3.63, 3.8) is 0 Å². The lowest BCUT2D eigenvalue weighted by Crippen LogP contribution is -2.48. The molecule has 0 spiro atoms. The Balaban J connectivity index is 1.69. The average Bonchev–Trinajstić information content (AvgIpc) is 3.09. The molecule has 1 saturated heterocycles. The summed E-state index contributed by atoms with van der Waals surface area (Å²) in [7, 11) is 1.74. The summed E-state index contributed by atoms with van der Waals surface area (Å²) in [5.74, 6) is -0.438. The van der Waals surface area contributed by atoms with Crippen LogP contribution in [0.15, 0.2) is 22.7 Å². The van der Waals surface area contributed by atoms with Gasteiger partial charge in [-0.05, 0) is 50.7 Å². The molecule has 174 valence electrons. The number of likely N-dealkylation sites (N-methyl/N-ethyl adjacent to an activating group) is 1. The van der Waals surface area contributed by atoms with Gasteiger partial charge in [-0.2, -0.15) is 0 Å². The van der Waals surface area contributed by atoms with Gasteiger partial charge in [0.2, 0.25) is 11.8 Å². The van der Waals surface area contributed by atoms with Crippen LogP contribution in [-0.4, -0.2) is 52.9 Å². The molecule has 0 aliphatic carbocycles. The minimum absolute atomic E-state index is 0.0190. The van der Waals surface area contributed by atoms with E-state index in [0.29, 0.717) is 50.1 Å². The van der Waals surface area contributed by atoms with Gasteiger partial charge < -0.3 is 14.3 Å². The van der Waals surface area contributed by atoms with Gasteiger partial charge in [0.15, 0.2) is 0 Å². The molecule has 0 N–H and O–H groups in total. The second kappa shape index (κ2) is 10.2. The molecule has 0 bridgehead atoms. The molecule has 1 aromatic carbocycles. The molecule has 8 heteroatoms. The van der Waals surface area contributed by atoms with Crippen molar-refractivity contribution < 1.29 is 22.9 Å². The summed E-state index contributed by atoms with van der Waals surface area (Å²) >= 11 is 0. The molecule has 32 heavy (non-hydrogen) atoms. The van der Waals surface area contributed by atoms with E-state index in [1.54, 1.807) is 25.8 Å². The van der Waals surface area contributed by atoms with Crippen LogP contribution < -0.4 is 0 Å². The third kappa shape index (κ3) is 5.34. The van der Waals surface area contributed by atoms with Crippen LogP contribution in [0.1, 0.15) is 48.8 Å². The maximum absolute atomic E-state index is 14.3. The Morgan fingerprint density at radius 1 is 1.25 bits per heavy atom. The molecule has 6 nitrogen and oxygen atoms in total. The van der Waals surface area contributed by atoms with E-state index in [-0.39, 0.29) is 30.2 Å². The molecule has 0 saturated carbocycles. The summed E-state index contributed by atoms with van der Waals surface area (Å²) in [5.41, 5.74) is 1.95. The number of benzene rings is 1. The van der Waals surface area contributed by atoms with E-state index in [9.17, 15) is 18.4 Å². The molecular formula is C24H31F2N3O3. The van der Waals surface area contributed by atoms with Crippen LogP contribution in [0.25, 0.3) is 0 Å². The van der Waals surface area contributed by atoms with Gasteiger partial charge >= 0.3 is 0 Å². The van der Waals surface area contributed by atoms with E-state index >= 15 is 0 Å². The monoisotopic (exact) mass is 447 g/mol. The molecule has 1 fully saturated rings. The lowest BCUT2D eigenvalue weighted by Gasteiger charge is -2.40. The van der Waals surface area contributed by atoms with E-state index in [0.717, 1.165) is 17.3 Å². The van der Waals surface area contributed by atoms with Gasteiger partial charge in [0.05, 0.1) is 12.1 Å². The molecule has 1 aliphatic heterocycles. The number of aromatic nitrogens is 1. The van der Waals surface area contributed by atoms with Gasteiger partial charge in [-0.1, -0.05) is 18.1 Å². The van der Waals surface area contributed by atoms with Gasteiger partial charge in [0.25, 0.3) is 0 Å². The Morgan fingerprint density at radius 3 is 2.50 bits per heavy atom. The quantitative estimate of drug-likeness (QED) is 0.647. The predicted molar refractivity (Wildman–Crippen MR) is 116 cm³/mol. The maximum Gasteiger partial charge on any atom is 0.227 e. The lowest BCUT2D eigenvalue weighted by atomic mass is 9.84. The number of nitrogens with zero attached hydrogens (tertiary/aromatic N) is 3. The van der Waals surface area contributed by atoms with Crippen LogP contribution in [0.5, 0.6) is 0 Å². The highest BCUT2D eigenvalue weighted by molar-refractivity contribution is 5.79. The molecule has 1 atom stereocenters. The molecule has 2 aromatic rings. The first-order valence-electron chi connectivity index (χ1n) is 11.1. The van der Waals surface area contributed by atoms with Gasteiger partial charge in [0.1, 0.15) is 17.4 Å². The summed E-state index contributed by atoms with van der Waals surface area (Å²) in [5, 5.41) is 3.91. The number of carbonyl (C=O) groups is 2. The number of piperidine rings is 1. The van der Waals surface area contributed by atoms with Crippen LogP contribution in [-0.2, 0) is 22.4 Å². The zero-order valence-electron chi connectivity index (χ0n) is 19.2. The molecule has 1 aliphatic rings. The Kier molecular flexibility index (Phi) is 7.64. The number of amides is 2. The first-order chi connectivity index (χ1) is 15.2. The van der Waals surface area contributed by atoms with Crippen LogP contribution in [0.4, 0.5) is 8.78 Å². The fourth-order valence-electron chi connectivity index (χ4n) is 4.52. The fraction of sp³-hybridized carbons (Fsp3) is 0.542. The Morgan fingerprint density at radius 2 is 1.94 bits per heavy atom. The van der Waals surface area contributed by atoms with Crippen LogP contribution in [0.3, 0.4) is 0 Å². The van der Waals surface area contributed by atoms with Crippen molar-refractivity contribution in [2.24, 2.45) is 5.92 Å². The number of hydrogen-bond donors (Lipinski definition) is 0. The first kappa shape index (κ1) is 23.9. The summed E-state index contributed by atoms with van der Waals surface area (Å²) < 4.78 is 32.8. The summed E-state index contributed by atoms with van der Waals surface area (Å²) in [6.07, 6.45) is 2.34. The fourth-order valence-corrected chi connectivity index (χ4v) is 4.52. The van der Waals surface area contributed by atoms with Crippen molar-refractivity contribution in [2.75, 3.05) is 20.1 Å². The molecule has 0 radical (unpaired) electrons. The van der Waals surface area contributed by atoms with Crippen molar-refractivity contribution in [1.82, 2.24) is 15.0 Å². The molecule has 1 aromatic heterocycles. The SMILES string of the molecule is CCC(=O)N(C)C(Cc1ccc(F)cc1F)C1CCN(C(=O)Cc2c(C)noc2C)CC1. The number of halogens is 2. The first-order valence-corrected chi connectivity index (χ1v) is 11.1. The van der Waals surface area contributed by atoms with Crippen LogP contribution in [0.2, 0.25) is 0 Å². The molecule has 2 amide bonds. The highest BCUT2D eigenvalue weighted by atomic mass is 19.1. The molecule has 1 unspecified atom stereocenters. The maximum atomic E-state index is 14.3. The number of aryl methyl sites for hydroxylation is 2. The minimum atomic E-state index is -0.620. The number of likely N-dealkylation sites (tertiary alicyclic amines) is 1. The summed E-state index contributed by atoms with van der Waals surface area (Å²) in [6.45, 7) is 6.57. The predicted octanol–water partition coefficient (Wildman–Crippen LogP) is 3.83.